The number of amides is 2. The van der Waals surface area contributed by atoms with Gasteiger partial charge < -0.3 is 60.2 Å². The van der Waals surface area contributed by atoms with Gasteiger partial charge >= 0.3 is 5.69 Å². The number of nitrogens with zero attached hydrogens (tertiary/aromatic N) is 1. The van der Waals surface area contributed by atoms with Gasteiger partial charge in [0.05, 0.1) is 36.7 Å². The molecule has 1 aromatic rings. The van der Waals surface area contributed by atoms with Crippen LogP contribution < -0.4 is 10.6 Å². The summed E-state index contributed by atoms with van der Waals surface area (Å²) in [4.78, 5) is 36.2. The largest absolute Gasteiger partial charge is 0.502 e. The van der Waals surface area contributed by atoms with Crippen molar-refractivity contribution < 1.29 is 64.1 Å². The summed E-state index contributed by atoms with van der Waals surface area (Å²) in [6.07, 6.45) is 37.9. The van der Waals surface area contributed by atoms with Crippen molar-refractivity contribution in [1.29, 1.82) is 0 Å². The molecular weight excluding hydrogens is 1050 g/mol. The quantitative estimate of drug-likeness (QED) is 0.0131. The minimum absolute atomic E-state index is 0.0548. The number of hydrogen-bond donors (Lipinski definition) is 8. The number of carbonyl (C=O) groups is 2. The molecule has 17 nitrogen and oxygen atoms in total. The van der Waals surface area contributed by atoms with Crippen LogP contribution in [-0.2, 0) is 35.0 Å². The molecule has 1 heterocycles. The first kappa shape index (κ1) is 75.1. The number of nitro groups is 1. The van der Waals surface area contributed by atoms with Crippen molar-refractivity contribution in [2.75, 3.05) is 33.2 Å². The predicted molar refractivity (Wildman–Crippen MR) is 325 cm³/mol. The van der Waals surface area contributed by atoms with Gasteiger partial charge in [-0.1, -0.05) is 251 Å². The third-order valence-electron chi connectivity index (χ3n) is 16.3. The van der Waals surface area contributed by atoms with Gasteiger partial charge in [-0.25, -0.2) is 0 Å². The monoisotopic (exact) mass is 1170 g/mol. The molecule has 0 unspecified atom stereocenters. The Hall–Kier alpha value is -3.00. The highest BCUT2D eigenvalue weighted by molar-refractivity contribution is 5.79. The van der Waals surface area contributed by atoms with Crippen LogP contribution >= 0.6 is 0 Å². The molecule has 17 heteroatoms. The van der Waals surface area contributed by atoms with Gasteiger partial charge in [-0.05, 0) is 37.3 Å². The third-order valence-corrected chi connectivity index (χ3v) is 16.3. The maximum absolute atomic E-state index is 13.4. The number of carbonyl (C=O) groups excluding carboxylic acids is 2. The van der Waals surface area contributed by atoms with E-state index in [0.717, 1.165) is 57.8 Å². The lowest BCUT2D eigenvalue weighted by Gasteiger charge is -2.42. The van der Waals surface area contributed by atoms with Crippen LogP contribution in [0.3, 0.4) is 0 Å². The maximum atomic E-state index is 13.4. The maximum Gasteiger partial charge on any atom is 0.310 e. The summed E-state index contributed by atoms with van der Waals surface area (Å²) in [5.74, 6) is -1.02. The number of hydrogen-bond acceptors (Lipinski definition) is 14. The zero-order valence-electron chi connectivity index (χ0n) is 51.5. The van der Waals surface area contributed by atoms with Crippen LogP contribution in [0.2, 0.25) is 0 Å². The lowest BCUT2D eigenvalue weighted by molar-refractivity contribution is -0.385. The molecule has 0 aliphatic carbocycles. The van der Waals surface area contributed by atoms with Crippen LogP contribution in [0.4, 0.5) is 5.69 Å². The standard InChI is InChI=1S/C65H119N3O14/c1-3-5-7-9-11-13-15-17-18-19-20-21-22-23-24-25-26-27-29-31-33-35-39-43-59(72)67-54(61(74)57(71)42-38-34-32-30-28-16-14-12-10-8-6-4-2)51-80-65-64(63(76)62(75)58(50-69)82-65)81-52-79-47-41-37-36-40-46-66-60(73)49-53-44-45-56(70)55(48-53)68(77)78/h44-45,48,54,57-58,61-65,69-71,74-76H,3-43,46-47,49-52H2,1-2H3,(H,66,73)(H,67,72)/t54-,57+,58+,61-,62-,63-,64+,65-/m0/s1. The smallest absolute Gasteiger partial charge is 0.310 e. The Morgan fingerprint density at radius 3 is 1.57 bits per heavy atom. The van der Waals surface area contributed by atoms with Crippen LogP contribution in [0.25, 0.3) is 0 Å². The van der Waals surface area contributed by atoms with E-state index in [-0.39, 0.29) is 38.1 Å². The van der Waals surface area contributed by atoms with E-state index < -0.39 is 71.9 Å². The summed E-state index contributed by atoms with van der Waals surface area (Å²) in [6, 6.07) is 2.82. The number of phenols is 1. The minimum Gasteiger partial charge on any atom is -0.502 e. The lowest BCUT2D eigenvalue weighted by atomic mass is 9.98. The number of nitro benzene ring substituents is 1. The first-order valence-electron chi connectivity index (χ1n) is 33.2. The molecule has 1 fully saturated rings. The molecular formula is C65H119N3O14. The average Bonchev–Trinajstić information content (AvgIpc) is 3.53. The molecule has 1 aromatic carbocycles. The molecule has 2 amide bonds. The van der Waals surface area contributed by atoms with Crippen molar-refractivity contribution in [2.24, 2.45) is 0 Å². The Kier molecular flexibility index (Phi) is 46.9. The van der Waals surface area contributed by atoms with Crippen molar-refractivity contribution in [3.05, 3.63) is 33.9 Å². The molecule has 1 aliphatic heterocycles. The Balaban J connectivity index is 1.78. The molecule has 1 saturated heterocycles. The second kappa shape index (κ2) is 51.2. The van der Waals surface area contributed by atoms with E-state index in [1.807, 2.05) is 0 Å². The number of aromatic hydroxyl groups is 1. The summed E-state index contributed by atoms with van der Waals surface area (Å²) < 4.78 is 23.5. The highest BCUT2D eigenvalue weighted by Gasteiger charge is 2.46. The predicted octanol–water partition coefficient (Wildman–Crippen LogP) is 13.0. The molecule has 8 N–H and O–H groups in total. The molecule has 0 aromatic heterocycles. The summed E-state index contributed by atoms with van der Waals surface area (Å²) in [5.41, 5.74) is -0.0328. The van der Waals surface area contributed by atoms with Gasteiger partial charge in [0.1, 0.15) is 37.3 Å². The van der Waals surface area contributed by atoms with Crippen LogP contribution in [0.1, 0.15) is 283 Å². The number of benzene rings is 1. The van der Waals surface area contributed by atoms with Crippen molar-refractivity contribution in [3.8, 4) is 5.75 Å². The SMILES string of the molecule is CCCCCCCCCCCCCCCCCCCCCCCCCC(=O)N[C@@H](CO[C@H]1O[C@H](CO)[C@H](O)[C@H](O)[C@H]1OCOCCCCCCNC(=O)Cc1ccc(O)c([N+](=O)[O-])c1)[C@H](O)[C@H](O)CCCCCCCCCCCCCC. The Morgan fingerprint density at radius 1 is 0.622 bits per heavy atom. The fourth-order valence-corrected chi connectivity index (χ4v) is 10.9. The van der Waals surface area contributed by atoms with Crippen LogP contribution in [0.5, 0.6) is 5.75 Å². The Morgan fingerprint density at radius 2 is 1.09 bits per heavy atom. The fraction of sp³-hybridized carbons (Fsp3) is 0.877. The average molecular weight is 1170 g/mol. The number of unbranched alkanes of at least 4 members (excludes halogenated alkanes) is 36. The van der Waals surface area contributed by atoms with E-state index in [9.17, 15) is 50.3 Å². The van der Waals surface area contributed by atoms with Crippen LogP contribution in [0, 0.1) is 10.1 Å². The number of aliphatic hydroxyl groups excluding tert-OH is 5. The van der Waals surface area contributed by atoms with Gasteiger partial charge in [-0.15, -0.1) is 0 Å². The van der Waals surface area contributed by atoms with Crippen molar-refractivity contribution in [3.63, 3.8) is 0 Å². The molecule has 478 valence electrons. The molecule has 8 atom stereocenters. The Labute approximate surface area is 495 Å². The molecule has 2 rings (SSSR count). The molecule has 0 bridgehead atoms. The summed E-state index contributed by atoms with van der Waals surface area (Å²) >= 11 is 0. The first-order chi connectivity index (χ1) is 39.9. The van der Waals surface area contributed by atoms with E-state index in [4.69, 9.17) is 18.9 Å². The molecule has 0 radical (unpaired) electrons. The number of phenolic OH excluding ortho intramolecular Hbond substituents is 1. The summed E-state index contributed by atoms with van der Waals surface area (Å²) in [5, 5.41) is 81.1. The zero-order valence-corrected chi connectivity index (χ0v) is 51.5. The van der Waals surface area contributed by atoms with Crippen LogP contribution in [0.15, 0.2) is 18.2 Å². The summed E-state index contributed by atoms with van der Waals surface area (Å²) in [6.45, 7) is 4.02. The van der Waals surface area contributed by atoms with Gasteiger partial charge in [0.25, 0.3) is 0 Å². The molecule has 82 heavy (non-hydrogen) atoms. The highest BCUT2D eigenvalue weighted by Crippen LogP contribution is 2.28. The number of nitrogens with one attached hydrogen (secondary N) is 2. The van der Waals surface area contributed by atoms with Gasteiger partial charge in [0.15, 0.2) is 12.0 Å². The number of ether oxygens (including phenoxy) is 4. The first-order valence-corrected chi connectivity index (χ1v) is 33.2. The van der Waals surface area contributed by atoms with E-state index in [2.05, 4.69) is 24.5 Å². The number of rotatable bonds is 57. The lowest BCUT2D eigenvalue weighted by Crippen LogP contribution is -2.61. The third kappa shape index (κ3) is 37.4. The molecule has 1 aliphatic rings. The second-order valence-electron chi connectivity index (χ2n) is 23.7. The van der Waals surface area contributed by atoms with E-state index in [0.29, 0.717) is 44.4 Å². The topological polar surface area (TPSA) is 260 Å². The van der Waals surface area contributed by atoms with Crippen molar-refractivity contribution in [1.82, 2.24) is 10.6 Å². The Bertz CT molecular complexity index is 1700. The van der Waals surface area contributed by atoms with Crippen molar-refractivity contribution in [2.45, 2.75) is 332 Å². The second-order valence-corrected chi connectivity index (χ2v) is 23.7. The van der Waals surface area contributed by atoms with E-state index >= 15 is 0 Å². The van der Waals surface area contributed by atoms with Gasteiger partial charge in [0.2, 0.25) is 11.8 Å². The highest BCUT2D eigenvalue weighted by atomic mass is 16.7. The van der Waals surface area contributed by atoms with E-state index in [1.54, 1.807) is 0 Å². The minimum atomic E-state index is -1.54. The number of aliphatic hydroxyl groups is 5. The fourth-order valence-electron chi connectivity index (χ4n) is 10.9. The molecule has 0 saturated carbocycles. The zero-order chi connectivity index (χ0) is 59.7. The van der Waals surface area contributed by atoms with E-state index in [1.165, 1.54) is 192 Å². The van der Waals surface area contributed by atoms with Gasteiger partial charge in [-0.2, -0.15) is 0 Å². The normalized spacial score (nSPS) is 18.4. The van der Waals surface area contributed by atoms with Gasteiger partial charge in [0, 0.05) is 25.6 Å². The van der Waals surface area contributed by atoms with Crippen molar-refractivity contribution >= 4 is 17.5 Å². The van der Waals surface area contributed by atoms with Crippen LogP contribution in [-0.4, -0.2) is 129 Å². The molecule has 0 spiro atoms. The summed E-state index contributed by atoms with van der Waals surface area (Å²) in [7, 11) is 0. The van der Waals surface area contributed by atoms with Gasteiger partial charge in [-0.3, -0.25) is 19.7 Å².